The maximum Gasteiger partial charge on any atom is 0.270 e. The van der Waals surface area contributed by atoms with Gasteiger partial charge in [0, 0.05) is 23.0 Å². The second-order valence-corrected chi connectivity index (χ2v) is 6.20. The maximum absolute atomic E-state index is 10.8. The van der Waals surface area contributed by atoms with Gasteiger partial charge in [-0.05, 0) is 45.0 Å². The van der Waals surface area contributed by atoms with Gasteiger partial charge in [-0.2, -0.15) is 0 Å². The first kappa shape index (κ1) is 13.4. The van der Waals surface area contributed by atoms with E-state index < -0.39 is 4.92 Å². The van der Waals surface area contributed by atoms with Crippen molar-refractivity contribution in [3.05, 3.63) is 50.3 Å². The molecule has 0 spiro atoms. The van der Waals surface area contributed by atoms with Gasteiger partial charge < -0.3 is 0 Å². The van der Waals surface area contributed by atoms with E-state index >= 15 is 0 Å². The Hall–Kier alpha value is -1.57. The van der Waals surface area contributed by atoms with Gasteiger partial charge in [0.15, 0.2) is 0 Å². The van der Waals surface area contributed by atoms with Crippen LogP contribution in [0, 0.1) is 10.1 Å². The topological polar surface area (TPSA) is 68.9 Å². The van der Waals surface area contributed by atoms with Crippen molar-refractivity contribution in [2.24, 2.45) is 0 Å². The van der Waals surface area contributed by atoms with E-state index in [4.69, 9.17) is 11.6 Å². The first-order chi connectivity index (χ1) is 9.54. The fraction of sp³-hybridized carbons (Fsp3) is 0. The van der Waals surface area contributed by atoms with E-state index in [2.05, 4.69) is 25.9 Å². The number of non-ortho nitro benzene ring substituents is 1. The molecule has 0 saturated heterocycles. The summed E-state index contributed by atoms with van der Waals surface area (Å²) in [5.41, 5.74) is 0.746. The molecule has 2 aromatic heterocycles. The molecule has 5 nitrogen and oxygen atoms in total. The Labute approximate surface area is 130 Å². The van der Waals surface area contributed by atoms with Gasteiger partial charge >= 0.3 is 0 Å². The summed E-state index contributed by atoms with van der Waals surface area (Å²) >= 11 is 10.7. The second-order valence-electron chi connectivity index (χ2n) is 3.93. The van der Waals surface area contributed by atoms with Gasteiger partial charge in [0.2, 0.25) is 5.28 Å². The highest BCUT2D eigenvalue weighted by Crippen LogP contribution is 2.37. The van der Waals surface area contributed by atoms with Crippen LogP contribution in [0.5, 0.6) is 0 Å². The van der Waals surface area contributed by atoms with E-state index in [-0.39, 0.29) is 11.0 Å². The summed E-state index contributed by atoms with van der Waals surface area (Å²) in [6.45, 7) is 0. The van der Waals surface area contributed by atoms with Gasteiger partial charge in [-0.15, -0.1) is 11.3 Å². The molecule has 0 fully saturated rings. The minimum absolute atomic E-state index is 0.0710. The summed E-state index contributed by atoms with van der Waals surface area (Å²) in [7, 11) is 0. The summed E-state index contributed by atoms with van der Waals surface area (Å²) in [4.78, 5) is 19.3. The average Bonchev–Trinajstić information content (AvgIpc) is 2.83. The zero-order valence-corrected chi connectivity index (χ0v) is 12.9. The van der Waals surface area contributed by atoms with Gasteiger partial charge in [-0.1, -0.05) is 0 Å². The minimum atomic E-state index is -0.408. The van der Waals surface area contributed by atoms with Crippen LogP contribution in [0.15, 0.2) is 34.9 Å². The molecule has 0 radical (unpaired) electrons. The number of benzene rings is 1. The third-order valence-corrected chi connectivity index (χ3v) is 4.54. The number of halogens is 2. The molecule has 0 aliphatic rings. The Morgan fingerprint density at radius 2 is 2.15 bits per heavy atom. The number of nitrogens with zero attached hydrogens (tertiary/aromatic N) is 3. The molecule has 0 saturated carbocycles. The summed E-state index contributed by atoms with van der Waals surface area (Å²) in [6.07, 6.45) is 1.58. The third kappa shape index (κ3) is 2.39. The Morgan fingerprint density at radius 1 is 1.35 bits per heavy atom. The van der Waals surface area contributed by atoms with E-state index in [1.807, 2.05) is 6.07 Å². The second kappa shape index (κ2) is 5.08. The molecule has 0 bridgehead atoms. The molecule has 100 valence electrons. The van der Waals surface area contributed by atoms with Gasteiger partial charge in [-0.3, -0.25) is 10.1 Å². The Kier molecular flexibility index (Phi) is 3.41. The Morgan fingerprint density at radius 3 is 2.90 bits per heavy atom. The van der Waals surface area contributed by atoms with Crippen LogP contribution in [-0.4, -0.2) is 14.9 Å². The summed E-state index contributed by atoms with van der Waals surface area (Å²) in [5.74, 6) is 0. The molecule has 0 aliphatic heterocycles. The Bertz CT molecular complexity index is 837. The molecule has 3 rings (SSSR count). The van der Waals surface area contributed by atoms with Crippen LogP contribution in [0.3, 0.4) is 0 Å². The number of aromatic nitrogens is 2. The molecule has 20 heavy (non-hydrogen) atoms. The molecular formula is C12H5BrClN3O2S. The monoisotopic (exact) mass is 369 g/mol. The number of nitro benzene ring substituents is 1. The van der Waals surface area contributed by atoms with Crippen LogP contribution in [0.25, 0.3) is 20.7 Å². The zero-order chi connectivity index (χ0) is 14.3. The lowest BCUT2D eigenvalue weighted by Gasteiger charge is -1.99. The predicted octanol–water partition coefficient (Wildman–Crippen LogP) is 4.68. The molecule has 8 heteroatoms. The summed E-state index contributed by atoms with van der Waals surface area (Å²) in [5, 5.41) is 11.7. The average molecular weight is 371 g/mol. The van der Waals surface area contributed by atoms with Crippen molar-refractivity contribution in [3.63, 3.8) is 0 Å². The number of rotatable bonds is 2. The lowest BCUT2D eigenvalue weighted by atomic mass is 10.2. The number of hydrogen-bond acceptors (Lipinski definition) is 5. The van der Waals surface area contributed by atoms with Crippen LogP contribution in [0.1, 0.15) is 0 Å². The molecule has 0 atom stereocenters. The van der Waals surface area contributed by atoms with Crippen molar-refractivity contribution in [1.82, 2.24) is 9.97 Å². The minimum Gasteiger partial charge on any atom is -0.258 e. The van der Waals surface area contributed by atoms with Crippen LogP contribution in [0.2, 0.25) is 5.28 Å². The molecule has 0 aliphatic carbocycles. The van der Waals surface area contributed by atoms with Gasteiger partial charge in [0.25, 0.3) is 5.69 Å². The van der Waals surface area contributed by atoms with E-state index in [1.54, 1.807) is 18.3 Å². The molecule has 0 unspecified atom stereocenters. The molecule has 1 aromatic carbocycles. The lowest BCUT2D eigenvalue weighted by molar-refractivity contribution is -0.384. The normalized spacial score (nSPS) is 10.9. The van der Waals surface area contributed by atoms with Crippen molar-refractivity contribution in [2.75, 3.05) is 0 Å². The standard InChI is InChI=1S/C12H5BrClN3O2S/c13-8-5-15-12(14)16-11(8)10-4-6-3-7(17(18)19)1-2-9(6)20-10/h1-5H. The van der Waals surface area contributed by atoms with Crippen LogP contribution in [0.4, 0.5) is 5.69 Å². The van der Waals surface area contributed by atoms with Crippen molar-refractivity contribution in [3.8, 4) is 10.6 Å². The third-order valence-electron chi connectivity index (χ3n) is 2.66. The van der Waals surface area contributed by atoms with E-state index in [0.29, 0.717) is 5.69 Å². The van der Waals surface area contributed by atoms with Crippen molar-refractivity contribution in [2.45, 2.75) is 0 Å². The summed E-state index contributed by atoms with van der Waals surface area (Å²) < 4.78 is 1.68. The van der Waals surface area contributed by atoms with Crippen LogP contribution >= 0.6 is 38.9 Å². The fourth-order valence-electron chi connectivity index (χ4n) is 1.78. The van der Waals surface area contributed by atoms with Gasteiger partial charge in [0.1, 0.15) is 0 Å². The highest BCUT2D eigenvalue weighted by molar-refractivity contribution is 9.10. The van der Waals surface area contributed by atoms with E-state index in [1.165, 1.54) is 17.4 Å². The number of nitro groups is 1. The lowest BCUT2D eigenvalue weighted by Crippen LogP contribution is -1.86. The first-order valence-corrected chi connectivity index (χ1v) is 7.40. The number of thiophene rings is 1. The van der Waals surface area contributed by atoms with E-state index in [0.717, 1.165) is 19.4 Å². The molecule has 0 N–H and O–H groups in total. The first-order valence-electron chi connectivity index (χ1n) is 5.41. The van der Waals surface area contributed by atoms with Gasteiger partial charge in [-0.25, -0.2) is 9.97 Å². The van der Waals surface area contributed by atoms with Crippen molar-refractivity contribution in [1.29, 1.82) is 0 Å². The largest absolute Gasteiger partial charge is 0.270 e. The quantitative estimate of drug-likeness (QED) is 0.373. The maximum atomic E-state index is 10.8. The SMILES string of the molecule is O=[N+]([O-])c1ccc2sc(-c3nc(Cl)ncc3Br)cc2c1. The molecular weight excluding hydrogens is 366 g/mol. The number of fused-ring (bicyclic) bond motifs is 1. The van der Waals surface area contributed by atoms with E-state index in [9.17, 15) is 10.1 Å². The highest BCUT2D eigenvalue weighted by atomic mass is 79.9. The molecule has 0 amide bonds. The van der Waals surface area contributed by atoms with Crippen LogP contribution < -0.4 is 0 Å². The van der Waals surface area contributed by atoms with Crippen LogP contribution in [-0.2, 0) is 0 Å². The number of hydrogen-bond donors (Lipinski definition) is 0. The van der Waals surface area contributed by atoms with Crippen molar-refractivity contribution >= 4 is 54.6 Å². The zero-order valence-electron chi connectivity index (χ0n) is 9.71. The highest BCUT2D eigenvalue weighted by Gasteiger charge is 2.13. The fourth-order valence-corrected chi connectivity index (χ4v) is 3.50. The summed E-state index contributed by atoms with van der Waals surface area (Å²) in [6, 6.07) is 6.63. The molecule has 2 heterocycles. The smallest absolute Gasteiger partial charge is 0.258 e. The van der Waals surface area contributed by atoms with Gasteiger partial charge in [0.05, 0.1) is 20.0 Å². The van der Waals surface area contributed by atoms with Crippen molar-refractivity contribution < 1.29 is 4.92 Å². The predicted molar refractivity (Wildman–Crippen MR) is 82.2 cm³/mol. The Balaban J connectivity index is 2.17. The molecule has 3 aromatic rings.